The Balaban J connectivity index is 1.75. The van der Waals surface area contributed by atoms with Crippen LogP contribution in [-0.4, -0.2) is 0 Å². The summed E-state index contributed by atoms with van der Waals surface area (Å²) in [6, 6.07) is -34.7. The largest absolute Gasteiger partial charge is 0.0636 e. The van der Waals surface area contributed by atoms with Crippen molar-refractivity contribution in [1.82, 2.24) is 0 Å². The van der Waals surface area contributed by atoms with Crippen molar-refractivity contribution in [2.75, 3.05) is 0 Å². The smallest absolute Gasteiger partial charge is 0.0622 e. The van der Waals surface area contributed by atoms with Crippen molar-refractivity contribution in [3.8, 4) is 55.6 Å². The normalized spacial score (nSPS) is 20.7. The van der Waals surface area contributed by atoms with Gasteiger partial charge in [0.1, 0.15) is 0 Å². The molecule has 0 atom stereocenters. The van der Waals surface area contributed by atoms with Gasteiger partial charge in [-0.15, -0.1) is 0 Å². The van der Waals surface area contributed by atoms with Crippen LogP contribution >= 0.6 is 0 Å². The third kappa shape index (κ3) is 4.87. The van der Waals surface area contributed by atoms with Gasteiger partial charge in [0, 0.05) is 0 Å². The molecule has 0 saturated heterocycles. The lowest BCUT2D eigenvalue weighted by molar-refractivity contribution is 1.58. The molecule has 0 radical (unpaired) electrons. The molecule has 0 aliphatic rings. The summed E-state index contributed by atoms with van der Waals surface area (Å²) in [7, 11) is 0. The van der Waals surface area contributed by atoms with Crippen molar-refractivity contribution >= 4 is 32.3 Å². The van der Waals surface area contributed by atoms with E-state index in [4.69, 9.17) is 30.2 Å². The second-order valence-electron chi connectivity index (χ2n) is 10.0. The van der Waals surface area contributed by atoms with Crippen LogP contribution in [0.3, 0.4) is 0 Å². The second kappa shape index (κ2) is 11.8. The predicted octanol–water partition coefficient (Wildman–Crippen LogP) is 13.5. The molecule has 0 heteroatoms. The zero-order chi connectivity index (χ0) is 59.7. The Morgan fingerprint density at radius 2 is 0.708 bits per heavy atom. The minimum atomic E-state index is -1.25. The van der Waals surface area contributed by atoms with E-state index in [0.717, 1.165) is 0 Å². The summed E-state index contributed by atoms with van der Waals surface area (Å²) in [5.41, 5.74) is -9.81. The highest BCUT2D eigenvalue weighted by molar-refractivity contribution is 6.24. The van der Waals surface area contributed by atoms with Gasteiger partial charge in [-0.25, -0.2) is 0 Å². The maximum absolute atomic E-state index is 10.2. The van der Waals surface area contributed by atoms with Crippen LogP contribution in [-0.2, 0) is 0 Å². The van der Waals surface area contributed by atoms with Gasteiger partial charge in [0.2, 0.25) is 0 Å². The Morgan fingerprint density at radius 3 is 1.33 bits per heavy atom. The highest BCUT2D eigenvalue weighted by atomic mass is 14.2. The van der Waals surface area contributed by atoms with Crippen molar-refractivity contribution in [1.29, 1.82) is 0 Å². The van der Waals surface area contributed by atoms with Gasteiger partial charge >= 0.3 is 0 Å². The fourth-order valence-electron chi connectivity index (χ4n) is 5.31. The average Bonchev–Trinajstić information content (AvgIpc) is 2.44. The molecular formula is C48H32. The Kier molecular flexibility index (Phi) is 2.56. The van der Waals surface area contributed by atoms with Gasteiger partial charge < -0.3 is 0 Å². The van der Waals surface area contributed by atoms with Crippen molar-refractivity contribution in [2.24, 2.45) is 0 Å². The zero-order valence-corrected chi connectivity index (χ0v) is 24.0. The summed E-state index contributed by atoms with van der Waals surface area (Å²) in [5, 5.41) is -5.38. The van der Waals surface area contributed by atoms with Crippen molar-refractivity contribution in [2.45, 2.75) is 0 Å². The number of hydrogen-bond donors (Lipinski definition) is 0. The summed E-state index contributed by atoms with van der Waals surface area (Å²) < 4.78 is 290. The Morgan fingerprint density at radius 1 is 0.250 bits per heavy atom. The molecule has 9 aromatic rings. The molecule has 0 amide bonds. The summed E-state index contributed by atoms with van der Waals surface area (Å²) in [6.07, 6.45) is 0. The van der Waals surface area contributed by atoms with Crippen LogP contribution in [0.15, 0.2) is 193 Å². The lowest BCUT2D eigenvalue weighted by atomic mass is 9.82. The summed E-state index contributed by atoms with van der Waals surface area (Å²) in [5.74, 6) is 0. The van der Waals surface area contributed by atoms with Gasteiger partial charge in [0.05, 0.1) is 43.9 Å². The third-order valence-electron chi connectivity index (χ3n) is 7.31. The molecule has 0 heterocycles. The predicted molar refractivity (Wildman–Crippen MR) is 206 cm³/mol. The molecule has 0 spiro atoms. The minimum absolute atomic E-state index is 0.752. The van der Waals surface area contributed by atoms with E-state index in [1.165, 1.54) is 0 Å². The molecule has 0 aromatic heterocycles. The van der Waals surface area contributed by atoms with E-state index >= 15 is 0 Å². The van der Waals surface area contributed by atoms with Gasteiger partial charge in [-0.3, -0.25) is 0 Å². The lowest BCUT2D eigenvalue weighted by Crippen LogP contribution is -1.93. The maximum Gasteiger partial charge on any atom is 0.0636 e. The molecule has 0 unspecified atom stereocenters. The van der Waals surface area contributed by atoms with Gasteiger partial charge in [-0.05, 0) is 112 Å². The maximum atomic E-state index is 10.2. The molecule has 9 aromatic carbocycles. The van der Waals surface area contributed by atoms with E-state index in [1.807, 2.05) is 0 Å². The van der Waals surface area contributed by atoms with Gasteiger partial charge in [-0.1, -0.05) is 169 Å². The lowest BCUT2D eigenvalue weighted by Gasteiger charge is -2.20. The van der Waals surface area contributed by atoms with Crippen molar-refractivity contribution in [3.63, 3.8) is 0 Å². The first-order valence-corrected chi connectivity index (χ1v) is 14.0. The molecule has 224 valence electrons. The quantitative estimate of drug-likeness (QED) is 0.164. The van der Waals surface area contributed by atoms with Gasteiger partial charge in [0.25, 0.3) is 0 Å². The standard InChI is InChI=1S/C48H32/c1-4-15-33(16-5-1)37-27-28-45-46(32-37)48(42-26-14-22-36-21-10-11-23-41(36)42)44-25-13-12-24-43(44)47(45)40-30-38(34-17-6-2-7-18-34)29-39(31-40)35-19-8-3-9-20-35/h1-32H/i1D,2D,3D,4D,5D,6D,7D,8D,9D,10D,11D,12D,13D,14D,15D,16D,17D,18D,19D,20D,21D,22D,23D,24D,25D,26D,27D,28D,29D,30D,31D,32D. The minimum Gasteiger partial charge on any atom is -0.0622 e. The first-order valence-electron chi connectivity index (χ1n) is 30.0. The molecular weight excluding hydrogens is 577 g/mol. The molecule has 0 saturated carbocycles. The molecule has 0 aliphatic heterocycles. The first kappa shape index (κ1) is 10.4. The molecule has 0 bridgehead atoms. The van der Waals surface area contributed by atoms with Crippen LogP contribution in [0.1, 0.15) is 43.9 Å². The first-order chi connectivity index (χ1) is 37.1. The SMILES string of the molecule is [2H]c1c([2H])c([2H])c(-c2c([2H])c(-c3c([2H])c([2H])c([2H])c([2H])c3[2H])c([2H])c(-c3c4c([2H])c([2H])c([2H])c([2H])c4c(-c4c([2H])c([2H])c([2H])c5c([2H])c([2H])c([2H])c([2H])c45)c4c([2H])c(-c5c([2H])c([2H])c([2H])c([2H])c5[2H])c([2H])c([2H])c34)c2[2H])c([2H])c1[2H]. The zero-order valence-electron chi connectivity index (χ0n) is 56.0. The highest BCUT2D eigenvalue weighted by Crippen LogP contribution is 2.47. The van der Waals surface area contributed by atoms with E-state index in [0.29, 0.717) is 0 Å². The molecule has 0 nitrogen and oxygen atoms in total. The topological polar surface area (TPSA) is 0 Å². The van der Waals surface area contributed by atoms with E-state index < -0.39 is 281 Å². The van der Waals surface area contributed by atoms with Crippen molar-refractivity contribution in [3.05, 3.63) is 193 Å². The van der Waals surface area contributed by atoms with Gasteiger partial charge in [0.15, 0.2) is 0 Å². The highest BCUT2D eigenvalue weighted by Gasteiger charge is 2.20. The van der Waals surface area contributed by atoms with Crippen molar-refractivity contribution < 1.29 is 43.9 Å². The van der Waals surface area contributed by atoms with E-state index in [1.54, 1.807) is 0 Å². The van der Waals surface area contributed by atoms with Crippen LogP contribution in [0.5, 0.6) is 0 Å². The molecule has 0 fully saturated rings. The van der Waals surface area contributed by atoms with Crippen LogP contribution in [0.4, 0.5) is 0 Å². The Bertz CT molecular complexity index is 4240. The molecule has 48 heavy (non-hydrogen) atoms. The average molecular weight is 641 g/mol. The van der Waals surface area contributed by atoms with Crippen LogP contribution in [0.2, 0.25) is 0 Å². The van der Waals surface area contributed by atoms with E-state index in [9.17, 15) is 13.7 Å². The fourth-order valence-corrected chi connectivity index (χ4v) is 5.31. The Hall–Kier alpha value is -6.24. The molecule has 0 N–H and O–H groups in total. The van der Waals surface area contributed by atoms with Crippen LogP contribution in [0, 0.1) is 0 Å². The third-order valence-corrected chi connectivity index (χ3v) is 7.31. The molecule has 9 rings (SSSR count). The molecule has 0 aliphatic carbocycles. The van der Waals surface area contributed by atoms with E-state index in [2.05, 4.69) is 0 Å². The number of fused-ring (bicyclic) bond motifs is 3. The number of rotatable bonds is 5. The summed E-state index contributed by atoms with van der Waals surface area (Å²) in [6.45, 7) is 0. The number of hydrogen-bond acceptors (Lipinski definition) is 0. The Labute approximate surface area is 326 Å². The van der Waals surface area contributed by atoms with Crippen LogP contribution < -0.4 is 0 Å². The second-order valence-corrected chi connectivity index (χ2v) is 10.0. The summed E-state index contributed by atoms with van der Waals surface area (Å²) >= 11 is 0. The van der Waals surface area contributed by atoms with E-state index in [-0.39, 0.29) is 0 Å². The number of benzene rings is 9. The summed E-state index contributed by atoms with van der Waals surface area (Å²) in [4.78, 5) is 0. The fraction of sp³-hybridized carbons (Fsp3) is 0. The monoisotopic (exact) mass is 640 g/mol. The van der Waals surface area contributed by atoms with Crippen LogP contribution in [0.25, 0.3) is 88.0 Å². The van der Waals surface area contributed by atoms with Gasteiger partial charge in [-0.2, -0.15) is 0 Å².